The molecule has 2 aromatic carbocycles. The van der Waals surface area contributed by atoms with Gasteiger partial charge in [0.1, 0.15) is 7.05 Å². The summed E-state index contributed by atoms with van der Waals surface area (Å²) in [5.41, 5.74) is 11.2. The number of benzene rings is 2. The highest BCUT2D eigenvalue weighted by molar-refractivity contribution is 5.83. The number of rotatable bonds is 2. The van der Waals surface area contributed by atoms with Gasteiger partial charge in [-0.3, -0.25) is 4.98 Å². The first-order chi connectivity index (χ1) is 12.9. The van der Waals surface area contributed by atoms with E-state index in [0.29, 0.717) is 0 Å². The van der Waals surface area contributed by atoms with Gasteiger partial charge in [0.2, 0.25) is 11.2 Å². The molecule has 0 aliphatic carbocycles. The Morgan fingerprint density at radius 3 is 2.30 bits per heavy atom. The first-order valence-corrected chi connectivity index (χ1v) is 9.38. The minimum absolute atomic E-state index is 1.04. The molecule has 134 valence electrons. The first-order valence-electron chi connectivity index (χ1n) is 9.38. The third-order valence-corrected chi connectivity index (χ3v) is 5.50. The van der Waals surface area contributed by atoms with Gasteiger partial charge in [0, 0.05) is 40.5 Å². The molecule has 0 radical (unpaired) electrons. The van der Waals surface area contributed by atoms with Crippen molar-refractivity contribution in [3.63, 3.8) is 0 Å². The summed E-state index contributed by atoms with van der Waals surface area (Å²) >= 11 is 0. The average Bonchev–Trinajstić information content (AvgIpc) is 2.65. The van der Waals surface area contributed by atoms with Gasteiger partial charge in [0.25, 0.3) is 0 Å². The van der Waals surface area contributed by atoms with Gasteiger partial charge in [-0.2, -0.15) is 4.57 Å². The Kier molecular flexibility index (Phi) is 4.27. The van der Waals surface area contributed by atoms with Crippen LogP contribution in [0, 0.1) is 27.7 Å². The van der Waals surface area contributed by atoms with Crippen molar-refractivity contribution in [1.82, 2.24) is 4.98 Å². The van der Waals surface area contributed by atoms with E-state index in [1.54, 1.807) is 0 Å². The smallest absolute Gasteiger partial charge is 0.213 e. The number of nitrogens with zero attached hydrogens (tertiary/aromatic N) is 2. The SMILES string of the molecule is Cc1cc(C)c(C)c(-c2ccc3cc(-c4ccc(C)nc4)ccc3[n+]2C)c1. The summed E-state index contributed by atoms with van der Waals surface area (Å²) in [5.74, 6) is 0. The molecule has 2 heteroatoms. The molecule has 0 N–H and O–H groups in total. The van der Waals surface area contributed by atoms with E-state index in [-0.39, 0.29) is 0 Å². The molecule has 27 heavy (non-hydrogen) atoms. The minimum Gasteiger partial charge on any atom is -0.261 e. The van der Waals surface area contributed by atoms with Crippen molar-refractivity contribution in [3.8, 4) is 22.4 Å². The lowest BCUT2D eigenvalue weighted by molar-refractivity contribution is -0.633. The molecular formula is C25H25N2+. The van der Waals surface area contributed by atoms with Crippen LogP contribution in [-0.2, 0) is 7.05 Å². The molecule has 0 aliphatic heterocycles. The van der Waals surface area contributed by atoms with Crippen molar-refractivity contribution in [3.05, 3.63) is 83.2 Å². The van der Waals surface area contributed by atoms with E-state index in [0.717, 1.165) is 11.3 Å². The van der Waals surface area contributed by atoms with Crippen molar-refractivity contribution in [2.24, 2.45) is 7.05 Å². The molecule has 0 saturated heterocycles. The molecular weight excluding hydrogens is 328 g/mol. The fraction of sp³-hybridized carbons (Fsp3) is 0.200. The van der Waals surface area contributed by atoms with Crippen molar-refractivity contribution >= 4 is 10.9 Å². The van der Waals surface area contributed by atoms with E-state index in [1.807, 2.05) is 13.1 Å². The molecule has 2 aromatic heterocycles. The van der Waals surface area contributed by atoms with E-state index < -0.39 is 0 Å². The third-order valence-electron chi connectivity index (χ3n) is 5.50. The monoisotopic (exact) mass is 353 g/mol. The Balaban J connectivity index is 1.86. The maximum absolute atomic E-state index is 4.43. The van der Waals surface area contributed by atoms with E-state index in [2.05, 4.69) is 92.0 Å². The van der Waals surface area contributed by atoms with E-state index in [9.17, 15) is 0 Å². The van der Waals surface area contributed by atoms with Crippen LogP contribution < -0.4 is 4.57 Å². The molecule has 0 aliphatic rings. The second-order valence-electron chi connectivity index (χ2n) is 7.49. The van der Waals surface area contributed by atoms with E-state index >= 15 is 0 Å². The first kappa shape index (κ1) is 17.4. The number of pyridine rings is 2. The predicted molar refractivity (Wildman–Crippen MR) is 113 cm³/mol. The summed E-state index contributed by atoms with van der Waals surface area (Å²) in [6, 6.07) is 19.9. The molecule has 2 heterocycles. The fourth-order valence-electron chi connectivity index (χ4n) is 3.80. The predicted octanol–water partition coefficient (Wildman–Crippen LogP) is 5.63. The average molecular weight is 353 g/mol. The second kappa shape index (κ2) is 6.62. The molecule has 0 saturated carbocycles. The van der Waals surface area contributed by atoms with Gasteiger partial charge in [-0.15, -0.1) is 0 Å². The lowest BCUT2D eigenvalue weighted by Crippen LogP contribution is -2.32. The van der Waals surface area contributed by atoms with Crippen LogP contribution >= 0.6 is 0 Å². The van der Waals surface area contributed by atoms with Crippen LogP contribution in [0.5, 0.6) is 0 Å². The molecule has 4 rings (SSSR count). The lowest BCUT2D eigenvalue weighted by Gasteiger charge is -2.11. The van der Waals surface area contributed by atoms with Gasteiger partial charge in [0.05, 0.1) is 0 Å². The zero-order chi connectivity index (χ0) is 19.1. The highest BCUT2D eigenvalue weighted by Gasteiger charge is 2.17. The van der Waals surface area contributed by atoms with Crippen LogP contribution in [-0.4, -0.2) is 4.98 Å². The van der Waals surface area contributed by atoms with Gasteiger partial charge in [-0.25, -0.2) is 0 Å². The van der Waals surface area contributed by atoms with Crippen LogP contribution in [0.3, 0.4) is 0 Å². The van der Waals surface area contributed by atoms with Crippen molar-refractivity contribution in [1.29, 1.82) is 0 Å². The van der Waals surface area contributed by atoms with Gasteiger partial charge in [0.15, 0.2) is 0 Å². The molecule has 2 nitrogen and oxygen atoms in total. The van der Waals surface area contributed by atoms with Gasteiger partial charge < -0.3 is 0 Å². The fourth-order valence-corrected chi connectivity index (χ4v) is 3.80. The third kappa shape index (κ3) is 3.12. The topological polar surface area (TPSA) is 16.8 Å². The molecule has 0 bridgehead atoms. The van der Waals surface area contributed by atoms with Gasteiger partial charge >= 0.3 is 0 Å². The number of hydrogen-bond donors (Lipinski definition) is 0. The minimum atomic E-state index is 1.04. The summed E-state index contributed by atoms with van der Waals surface area (Å²) in [5, 5.41) is 1.24. The molecule has 4 aromatic rings. The molecule has 0 spiro atoms. The Labute approximate surface area is 161 Å². The Bertz CT molecular complexity index is 1160. The Hall–Kier alpha value is -3.00. The van der Waals surface area contributed by atoms with E-state index in [1.165, 1.54) is 44.4 Å². The van der Waals surface area contributed by atoms with Crippen LogP contribution in [0.25, 0.3) is 33.3 Å². The standard InChI is InChI=1S/C25H25N2/c1-16-12-17(2)19(4)23(13-16)25-11-9-21-14-20(8-10-24(21)27(25)5)22-7-6-18(3)26-15-22/h6-15H,1-5H3/q+1. The van der Waals surface area contributed by atoms with Crippen LogP contribution in [0.2, 0.25) is 0 Å². The number of aryl methyl sites for hydroxylation is 4. The zero-order valence-electron chi connectivity index (χ0n) is 16.7. The van der Waals surface area contributed by atoms with Crippen LogP contribution in [0.15, 0.2) is 60.8 Å². The largest absolute Gasteiger partial charge is 0.261 e. The Morgan fingerprint density at radius 2 is 1.56 bits per heavy atom. The number of aromatic nitrogens is 2. The maximum atomic E-state index is 4.43. The van der Waals surface area contributed by atoms with E-state index in [4.69, 9.17) is 0 Å². The quantitative estimate of drug-likeness (QED) is 0.427. The van der Waals surface area contributed by atoms with Crippen molar-refractivity contribution in [2.45, 2.75) is 27.7 Å². The zero-order valence-corrected chi connectivity index (χ0v) is 16.7. The number of fused-ring (bicyclic) bond motifs is 1. The van der Waals surface area contributed by atoms with Crippen LogP contribution in [0.4, 0.5) is 0 Å². The summed E-state index contributed by atoms with van der Waals surface area (Å²) in [6.45, 7) is 8.58. The van der Waals surface area contributed by atoms with Crippen LogP contribution in [0.1, 0.15) is 22.4 Å². The van der Waals surface area contributed by atoms with Gasteiger partial charge in [-0.1, -0.05) is 17.7 Å². The highest BCUT2D eigenvalue weighted by atomic mass is 14.9. The Morgan fingerprint density at radius 1 is 0.778 bits per heavy atom. The molecule has 0 fully saturated rings. The highest BCUT2D eigenvalue weighted by Crippen LogP contribution is 2.28. The molecule has 0 atom stereocenters. The second-order valence-corrected chi connectivity index (χ2v) is 7.49. The lowest BCUT2D eigenvalue weighted by atomic mass is 9.96. The van der Waals surface area contributed by atoms with Crippen molar-refractivity contribution in [2.75, 3.05) is 0 Å². The van der Waals surface area contributed by atoms with Gasteiger partial charge in [-0.05, 0) is 74.7 Å². The summed E-state index contributed by atoms with van der Waals surface area (Å²) in [7, 11) is 2.15. The number of hydrogen-bond acceptors (Lipinski definition) is 1. The van der Waals surface area contributed by atoms with Crippen molar-refractivity contribution < 1.29 is 4.57 Å². The summed E-state index contributed by atoms with van der Waals surface area (Å²) in [4.78, 5) is 4.43. The maximum Gasteiger partial charge on any atom is 0.213 e. The molecule has 0 amide bonds. The molecule has 0 unspecified atom stereocenters. The summed E-state index contributed by atoms with van der Waals surface area (Å²) in [6.07, 6.45) is 1.95. The normalized spacial score (nSPS) is 11.1. The summed E-state index contributed by atoms with van der Waals surface area (Å²) < 4.78 is 2.30.